The summed E-state index contributed by atoms with van der Waals surface area (Å²) in [6.07, 6.45) is 36.2. The van der Waals surface area contributed by atoms with Crippen LogP contribution in [0.2, 0.25) is 0 Å². The Hall–Kier alpha value is -6.92. The first-order valence-corrected chi connectivity index (χ1v) is 43.2. The summed E-state index contributed by atoms with van der Waals surface area (Å²) in [5.41, 5.74) is 3.82. The van der Waals surface area contributed by atoms with E-state index in [4.69, 9.17) is 8.83 Å². The predicted molar refractivity (Wildman–Crippen MR) is 455 cm³/mol. The van der Waals surface area contributed by atoms with Gasteiger partial charge in [0.05, 0.1) is 73.6 Å². The first kappa shape index (κ1) is 94.2. The summed E-state index contributed by atoms with van der Waals surface area (Å²) in [6.45, 7) is 42.0. The number of likely N-dealkylation sites (tertiary alicyclic amines) is 6. The lowest BCUT2D eigenvalue weighted by molar-refractivity contribution is -0.139. The Kier molecular flexibility index (Phi) is 33.9. The number of carbonyl (C=O) groups is 6. The average Bonchev–Trinajstić information content (AvgIpc) is 1.62. The fourth-order valence-electron chi connectivity index (χ4n) is 16.7. The SMILES string of the molecule is CNC1CCCC(C)(C)N(CC2=CC(C)(C)C=C2)C1=O.CNC1CCCC(C)(C)N(CC2=CC=CC2(C)C)C1=O.CNC1CCCC(C)(C)N(Cc2cnc(C)o2)C1=O.CNC1CCCC(C)(C)N(Cc2cnc(C)s2)C1=O.CNC1CCCC(C)(C)N(Cc2nnco2)C1=O.CNC1CCCC(C)(C)N(Cc2nncs2)C1=O. The summed E-state index contributed by atoms with van der Waals surface area (Å²) >= 11 is 3.17. The van der Waals surface area contributed by atoms with Crippen LogP contribution in [0.25, 0.3) is 0 Å². The summed E-state index contributed by atoms with van der Waals surface area (Å²) in [4.78, 5) is 97.3. The van der Waals surface area contributed by atoms with Gasteiger partial charge in [-0.2, -0.15) is 0 Å². The number of hydrogen-bond acceptors (Lipinski definition) is 22. The van der Waals surface area contributed by atoms with E-state index in [1.54, 1.807) is 23.0 Å². The molecule has 4 aromatic heterocycles. The number of amides is 6. The number of rotatable bonds is 18. The van der Waals surface area contributed by atoms with Gasteiger partial charge < -0.3 is 70.1 Å². The molecule has 4 aromatic rings. The highest BCUT2D eigenvalue weighted by atomic mass is 32.1. The molecule has 0 bridgehead atoms. The number of allylic oxidation sites excluding steroid dienone is 5. The number of nitrogens with one attached hydrogen (secondary N) is 6. The van der Waals surface area contributed by atoms with Crippen molar-refractivity contribution in [3.8, 4) is 0 Å². The van der Waals surface area contributed by atoms with Crippen molar-refractivity contribution in [1.82, 2.24) is 91.7 Å². The van der Waals surface area contributed by atoms with Crippen LogP contribution < -0.4 is 31.9 Å². The molecular weight excluding hydrogens is 1480 g/mol. The molecule has 0 spiro atoms. The number of hydrogen-bond donors (Lipinski definition) is 6. The molecule has 10 heterocycles. The fourth-order valence-corrected chi connectivity index (χ4v) is 18.0. The zero-order valence-electron chi connectivity index (χ0n) is 73.7. The molecule has 26 nitrogen and oxygen atoms in total. The van der Waals surface area contributed by atoms with E-state index in [1.165, 1.54) is 28.9 Å². The van der Waals surface area contributed by atoms with E-state index in [9.17, 15) is 28.8 Å². The van der Waals surface area contributed by atoms with Gasteiger partial charge in [-0.25, -0.2) is 9.97 Å². The molecule has 636 valence electrons. The van der Waals surface area contributed by atoms with Crippen LogP contribution in [0, 0.1) is 24.7 Å². The van der Waals surface area contributed by atoms with Gasteiger partial charge in [0.25, 0.3) is 0 Å². The van der Waals surface area contributed by atoms with Gasteiger partial charge >= 0.3 is 0 Å². The second-order valence-corrected chi connectivity index (χ2v) is 39.1. The van der Waals surface area contributed by atoms with Gasteiger partial charge in [-0.15, -0.1) is 43.1 Å². The molecule has 0 saturated carbocycles. The highest BCUT2D eigenvalue weighted by Crippen LogP contribution is 2.39. The topological polar surface area (TPSA) is 298 Å². The molecule has 0 aromatic carbocycles. The van der Waals surface area contributed by atoms with Crippen molar-refractivity contribution in [3.05, 3.63) is 104 Å². The van der Waals surface area contributed by atoms with Crippen molar-refractivity contribution in [2.75, 3.05) is 55.4 Å². The first-order chi connectivity index (χ1) is 53.5. The number of oxazole rings is 1. The zero-order chi connectivity index (χ0) is 84.4. The van der Waals surface area contributed by atoms with Gasteiger partial charge in [0.2, 0.25) is 47.7 Å². The van der Waals surface area contributed by atoms with Crippen molar-refractivity contribution in [3.63, 3.8) is 0 Å². The Labute approximate surface area is 690 Å². The Balaban J connectivity index is 0.000000190. The maximum absolute atomic E-state index is 12.8. The van der Waals surface area contributed by atoms with E-state index in [-0.39, 0.29) is 116 Å². The van der Waals surface area contributed by atoms with E-state index in [0.717, 1.165) is 149 Å². The number of nitrogens with zero attached hydrogens (tertiary/aromatic N) is 12. The molecule has 28 heteroatoms. The first-order valence-electron chi connectivity index (χ1n) is 41.5. The summed E-state index contributed by atoms with van der Waals surface area (Å²) in [5.74, 6) is 3.01. The van der Waals surface area contributed by atoms with Crippen molar-refractivity contribution < 1.29 is 37.6 Å². The standard InChI is InChI=1S/2C17H28N2O.C14H23N3O2.C14H23N3OS.C12H20N4O2.C12H20N4OS/c1-16(2)10-6-8-13(16)12-19-15(20)14(18-5)9-7-11-17(19,3)4;1-16(2)10-8-13(11-16)12-19-15(20)14(18-5)7-6-9-17(19,3)4;2*1-10-16-8-11(19-10)9-17-13(18)12(15-4)6-5-7-14(17,2)3;2*1-12(2)6-4-5-9(13-3)11(17)16(12)7-10-15-14-8-18-10/h6,8,10,14,18H,7,9,11-12H2,1-5H3;8,10-11,14,18H,6-7,9,12H2,1-5H3;2*8,12,15H,5-7,9H2,1-4H3;2*8-9,13H,4-7H2,1-3H3. The van der Waals surface area contributed by atoms with Crippen molar-refractivity contribution in [2.24, 2.45) is 10.8 Å². The fraction of sp³-hybridized carbons (Fsp3) is 0.721. The van der Waals surface area contributed by atoms with E-state index in [2.05, 4.69) is 219 Å². The van der Waals surface area contributed by atoms with Crippen LogP contribution in [0.4, 0.5) is 0 Å². The molecule has 0 radical (unpaired) electrons. The molecule has 6 unspecified atom stereocenters. The molecule has 6 atom stereocenters. The van der Waals surface area contributed by atoms with Gasteiger partial charge in [0, 0.05) is 75.2 Å². The lowest BCUT2D eigenvalue weighted by Gasteiger charge is -2.40. The molecule has 6 fully saturated rings. The molecular formula is C86H142N18O8S2. The van der Waals surface area contributed by atoms with E-state index >= 15 is 0 Å². The third kappa shape index (κ3) is 25.5. The van der Waals surface area contributed by atoms with Crippen LogP contribution >= 0.6 is 22.7 Å². The van der Waals surface area contributed by atoms with E-state index < -0.39 is 0 Å². The third-order valence-electron chi connectivity index (χ3n) is 24.5. The zero-order valence-corrected chi connectivity index (χ0v) is 75.3. The van der Waals surface area contributed by atoms with Gasteiger partial charge in [-0.1, -0.05) is 64.2 Å². The van der Waals surface area contributed by atoms with Crippen molar-refractivity contribution in [1.29, 1.82) is 0 Å². The van der Waals surface area contributed by atoms with Gasteiger partial charge in [0.1, 0.15) is 16.3 Å². The average molecular weight is 1620 g/mol. The van der Waals surface area contributed by atoms with Gasteiger partial charge in [-0.05, 0) is 259 Å². The minimum atomic E-state index is -0.183. The second-order valence-electron chi connectivity index (χ2n) is 36.8. The van der Waals surface area contributed by atoms with Crippen molar-refractivity contribution in [2.45, 2.75) is 336 Å². The number of carbonyl (C=O) groups excluding carboxylic acids is 6. The maximum atomic E-state index is 12.8. The van der Waals surface area contributed by atoms with Crippen LogP contribution in [-0.2, 0) is 54.9 Å². The van der Waals surface area contributed by atoms with E-state index in [0.29, 0.717) is 38.0 Å². The number of aryl methyl sites for hydroxylation is 2. The molecule has 6 N–H and O–H groups in total. The van der Waals surface area contributed by atoms with Crippen LogP contribution in [-0.4, -0.2) is 220 Å². The third-order valence-corrected chi connectivity index (χ3v) is 26.1. The van der Waals surface area contributed by atoms with Gasteiger partial charge in [0.15, 0.2) is 5.89 Å². The molecule has 2 aliphatic carbocycles. The van der Waals surface area contributed by atoms with Gasteiger partial charge in [-0.3, -0.25) is 28.8 Å². The van der Waals surface area contributed by atoms with Crippen LogP contribution in [0.15, 0.2) is 80.7 Å². The second kappa shape index (κ2) is 41.0. The number of aromatic nitrogens is 6. The highest BCUT2D eigenvalue weighted by molar-refractivity contribution is 7.11. The van der Waals surface area contributed by atoms with Crippen LogP contribution in [0.1, 0.15) is 259 Å². The number of thiazole rings is 1. The Morgan fingerprint density at radius 2 is 0.833 bits per heavy atom. The summed E-state index contributed by atoms with van der Waals surface area (Å²) in [7, 11) is 11.2. The summed E-state index contributed by atoms with van der Waals surface area (Å²) in [6, 6.07) is -0.387. The molecule has 12 rings (SSSR count). The summed E-state index contributed by atoms with van der Waals surface area (Å²) < 4.78 is 10.7. The Morgan fingerprint density at radius 1 is 0.447 bits per heavy atom. The molecule has 6 saturated heterocycles. The van der Waals surface area contributed by atoms with E-state index in [1.807, 2.05) is 81.9 Å². The molecule has 8 aliphatic rings. The van der Waals surface area contributed by atoms with Crippen LogP contribution in [0.5, 0.6) is 0 Å². The monoisotopic (exact) mass is 1620 g/mol. The Bertz CT molecular complexity index is 3720. The Morgan fingerprint density at radius 3 is 1.15 bits per heavy atom. The smallest absolute Gasteiger partial charge is 0.240 e. The van der Waals surface area contributed by atoms with Crippen LogP contribution in [0.3, 0.4) is 0 Å². The quantitative estimate of drug-likeness (QED) is 0.0539. The molecule has 6 aliphatic heterocycles. The number of likely N-dealkylation sites (N-methyl/N-ethyl adjacent to an activating group) is 6. The minimum absolute atomic E-state index is 0.0317. The normalized spacial score (nSPS) is 25.4. The lowest BCUT2D eigenvalue weighted by atomic mass is 9.86. The molecule has 6 amide bonds. The molecule has 114 heavy (non-hydrogen) atoms. The van der Waals surface area contributed by atoms with Crippen molar-refractivity contribution >= 4 is 58.1 Å². The highest BCUT2D eigenvalue weighted by Gasteiger charge is 2.44. The predicted octanol–water partition coefficient (Wildman–Crippen LogP) is 12.3. The largest absolute Gasteiger partial charge is 0.444 e. The lowest BCUT2D eigenvalue weighted by Crippen LogP contribution is -2.53. The minimum Gasteiger partial charge on any atom is -0.444 e. The summed E-state index contributed by atoms with van der Waals surface area (Å²) in [5, 5.41) is 36.2. The maximum Gasteiger partial charge on any atom is 0.240 e.